The van der Waals surface area contributed by atoms with E-state index in [-0.39, 0.29) is 33.2 Å². The van der Waals surface area contributed by atoms with Crippen molar-refractivity contribution in [3.8, 4) is 0 Å². The average Bonchev–Trinajstić information content (AvgIpc) is 3.00. The normalized spacial score (nSPS) is 11.5. The zero-order chi connectivity index (χ0) is 18.6. The number of amidine groups is 1. The lowest BCUT2D eigenvalue weighted by Gasteiger charge is -2.16. The van der Waals surface area contributed by atoms with Gasteiger partial charge in [0.2, 0.25) is 0 Å². The molecule has 2 rings (SSSR count). The van der Waals surface area contributed by atoms with Crippen molar-refractivity contribution in [2.75, 3.05) is 17.4 Å². The van der Waals surface area contributed by atoms with Crippen LogP contribution in [0.5, 0.6) is 0 Å². The first kappa shape index (κ1) is 19.7. The van der Waals surface area contributed by atoms with Gasteiger partial charge in [0.15, 0.2) is 16.6 Å². The van der Waals surface area contributed by atoms with Crippen LogP contribution >= 0.6 is 27.7 Å². The summed E-state index contributed by atoms with van der Waals surface area (Å²) >= 11 is 4.03. The predicted molar refractivity (Wildman–Crippen MR) is 91.3 cm³/mol. The Balaban J connectivity index is 2.07. The minimum atomic E-state index is -3.80. The van der Waals surface area contributed by atoms with Gasteiger partial charge < -0.3 is 0 Å². The lowest BCUT2D eigenvalue weighted by molar-refractivity contribution is 0.295. The predicted octanol–water partition coefficient (Wildman–Crippen LogP) is 1.08. The molecule has 1 aromatic heterocycles. The van der Waals surface area contributed by atoms with Gasteiger partial charge in [-0.3, -0.25) is 10.6 Å². The van der Waals surface area contributed by atoms with Gasteiger partial charge in [-0.1, -0.05) is 11.8 Å². The van der Waals surface area contributed by atoms with Crippen LogP contribution in [0.2, 0.25) is 0 Å². The highest BCUT2D eigenvalue weighted by molar-refractivity contribution is 9.10. The highest BCUT2D eigenvalue weighted by Crippen LogP contribution is 2.25. The standard InChI is InChI=1S/C11H12BrFN6O4S2/c12-7-5-6(1-2-8(7)13)19(20)10(14)9-11(18-23-17-9)24-4-3-16-25(15,21)22/h1-2,5,14,16,20H,3-4H2,(H2,15,21,22). The van der Waals surface area contributed by atoms with Gasteiger partial charge in [-0.25, -0.2) is 23.9 Å². The summed E-state index contributed by atoms with van der Waals surface area (Å²) in [5.41, 5.74) is 0.0525. The quantitative estimate of drug-likeness (QED) is 0.159. The third-order valence-corrected chi connectivity index (χ3v) is 4.85. The Morgan fingerprint density at radius 1 is 1.52 bits per heavy atom. The van der Waals surface area contributed by atoms with Crippen LogP contribution in [0, 0.1) is 11.2 Å². The van der Waals surface area contributed by atoms with Crippen molar-refractivity contribution in [1.29, 1.82) is 5.41 Å². The summed E-state index contributed by atoms with van der Waals surface area (Å²) in [6, 6.07) is 3.66. The Morgan fingerprint density at radius 3 is 2.88 bits per heavy atom. The Morgan fingerprint density at radius 2 is 2.24 bits per heavy atom. The number of nitrogens with one attached hydrogen (secondary N) is 2. The fourth-order valence-corrected chi connectivity index (χ4v) is 3.23. The number of halogens is 2. The number of aromatic nitrogens is 2. The maximum atomic E-state index is 13.3. The van der Waals surface area contributed by atoms with Crippen molar-refractivity contribution in [2.45, 2.75) is 5.03 Å². The number of anilines is 1. The number of hydrogen-bond acceptors (Lipinski definition) is 8. The number of hydroxylamine groups is 1. The topological polar surface area (TPSA) is 158 Å². The number of thioether (sulfide) groups is 1. The van der Waals surface area contributed by atoms with Crippen LogP contribution in [0.4, 0.5) is 10.1 Å². The van der Waals surface area contributed by atoms with Crippen LogP contribution in [0.15, 0.2) is 32.3 Å². The number of nitrogens with two attached hydrogens (primary N) is 1. The summed E-state index contributed by atoms with van der Waals surface area (Å²) in [4.78, 5) is 0. The van der Waals surface area contributed by atoms with Crippen molar-refractivity contribution >= 4 is 49.4 Å². The SMILES string of the molecule is N=C(c1nonc1SCCNS(N)(=O)=O)N(O)c1ccc(F)c(Br)c1. The molecule has 0 saturated heterocycles. The molecule has 0 saturated carbocycles. The van der Waals surface area contributed by atoms with Gasteiger partial charge in [0, 0.05) is 12.3 Å². The molecular formula is C11H12BrFN6O4S2. The molecule has 1 aromatic carbocycles. The lowest BCUT2D eigenvalue weighted by atomic mass is 10.3. The molecule has 0 amide bonds. The van der Waals surface area contributed by atoms with E-state index in [0.29, 0.717) is 5.06 Å². The molecule has 0 spiro atoms. The molecular weight excluding hydrogens is 443 g/mol. The van der Waals surface area contributed by atoms with Crippen molar-refractivity contribution in [3.63, 3.8) is 0 Å². The van der Waals surface area contributed by atoms with E-state index in [1.54, 1.807) is 0 Å². The van der Waals surface area contributed by atoms with Crippen molar-refractivity contribution in [1.82, 2.24) is 15.0 Å². The third-order valence-electron chi connectivity index (χ3n) is 2.69. The second-order valence-corrected chi connectivity index (χ2v) is 7.78. The number of nitrogens with zero attached hydrogens (tertiary/aromatic N) is 3. The summed E-state index contributed by atoms with van der Waals surface area (Å²) in [5, 5.41) is 30.7. The molecule has 0 aliphatic heterocycles. The summed E-state index contributed by atoms with van der Waals surface area (Å²) in [5.74, 6) is -0.745. The van der Waals surface area contributed by atoms with E-state index in [2.05, 4.69) is 35.6 Å². The van der Waals surface area contributed by atoms with Crippen LogP contribution in [0.3, 0.4) is 0 Å². The summed E-state index contributed by atoms with van der Waals surface area (Å²) < 4.78 is 41.6. The molecule has 0 bridgehead atoms. The van der Waals surface area contributed by atoms with Crippen LogP contribution in [0.25, 0.3) is 0 Å². The molecule has 136 valence electrons. The van der Waals surface area contributed by atoms with Gasteiger partial charge in [-0.15, -0.1) is 0 Å². The second kappa shape index (κ2) is 8.20. The van der Waals surface area contributed by atoms with Crippen molar-refractivity contribution in [3.05, 3.63) is 34.2 Å². The van der Waals surface area contributed by atoms with Crippen LogP contribution in [-0.2, 0) is 10.2 Å². The smallest absolute Gasteiger partial charge is 0.274 e. The first-order valence-electron chi connectivity index (χ1n) is 6.45. The Kier molecular flexibility index (Phi) is 6.47. The highest BCUT2D eigenvalue weighted by Gasteiger charge is 2.22. The molecule has 2 aromatic rings. The second-order valence-electron chi connectivity index (χ2n) is 4.46. The zero-order valence-corrected chi connectivity index (χ0v) is 15.5. The lowest BCUT2D eigenvalue weighted by Crippen LogP contribution is -2.32. The number of benzene rings is 1. The van der Waals surface area contributed by atoms with Crippen LogP contribution in [0.1, 0.15) is 5.69 Å². The molecule has 0 fully saturated rings. The van der Waals surface area contributed by atoms with Gasteiger partial charge in [0.05, 0.1) is 10.2 Å². The van der Waals surface area contributed by atoms with Gasteiger partial charge in [0.25, 0.3) is 10.2 Å². The molecule has 0 aliphatic rings. The minimum absolute atomic E-state index is 0.0247. The number of rotatable bonds is 7. The molecule has 14 heteroatoms. The first-order chi connectivity index (χ1) is 11.7. The molecule has 0 radical (unpaired) electrons. The highest BCUT2D eigenvalue weighted by atomic mass is 79.9. The van der Waals surface area contributed by atoms with Gasteiger partial charge in [0.1, 0.15) is 5.82 Å². The first-order valence-corrected chi connectivity index (χ1v) is 9.77. The van der Waals surface area contributed by atoms with Gasteiger partial charge in [-0.05, 0) is 44.4 Å². The van der Waals surface area contributed by atoms with Gasteiger partial charge in [-0.2, -0.15) is 8.42 Å². The Bertz CT molecular complexity index is 877. The fraction of sp³-hybridized carbons (Fsp3) is 0.182. The van der Waals surface area contributed by atoms with E-state index in [0.717, 1.165) is 17.8 Å². The third kappa shape index (κ3) is 5.45. The monoisotopic (exact) mass is 454 g/mol. The van der Waals surface area contributed by atoms with E-state index in [1.807, 2.05) is 0 Å². The maximum Gasteiger partial charge on any atom is 0.274 e. The maximum absolute atomic E-state index is 13.3. The summed E-state index contributed by atoms with van der Waals surface area (Å²) in [7, 11) is -3.80. The van der Waals surface area contributed by atoms with E-state index >= 15 is 0 Å². The molecule has 5 N–H and O–H groups in total. The molecule has 10 nitrogen and oxygen atoms in total. The molecule has 1 heterocycles. The van der Waals surface area contributed by atoms with E-state index in [4.69, 9.17) is 10.5 Å². The van der Waals surface area contributed by atoms with Crippen molar-refractivity contribution < 1.29 is 22.6 Å². The summed E-state index contributed by atoms with van der Waals surface area (Å²) in [6.07, 6.45) is 0. The summed E-state index contributed by atoms with van der Waals surface area (Å²) in [6.45, 7) is 0.0247. The fourth-order valence-electron chi connectivity index (χ4n) is 1.60. The molecule has 0 unspecified atom stereocenters. The minimum Gasteiger partial charge on any atom is -0.282 e. The van der Waals surface area contributed by atoms with Gasteiger partial charge >= 0.3 is 0 Å². The van der Waals surface area contributed by atoms with Crippen LogP contribution < -0.4 is 14.9 Å². The van der Waals surface area contributed by atoms with Crippen molar-refractivity contribution in [2.24, 2.45) is 5.14 Å². The molecule has 0 atom stereocenters. The largest absolute Gasteiger partial charge is 0.282 e. The van der Waals surface area contributed by atoms with E-state index < -0.39 is 21.9 Å². The van der Waals surface area contributed by atoms with E-state index in [9.17, 15) is 18.0 Å². The van der Waals surface area contributed by atoms with E-state index in [1.165, 1.54) is 12.1 Å². The Hall–Kier alpha value is -1.58. The average molecular weight is 455 g/mol. The number of hydrogen-bond donors (Lipinski definition) is 4. The Labute approximate surface area is 154 Å². The van der Waals surface area contributed by atoms with Crippen LogP contribution in [-0.4, -0.2) is 42.1 Å². The molecule has 0 aliphatic carbocycles. The molecule has 25 heavy (non-hydrogen) atoms. The zero-order valence-electron chi connectivity index (χ0n) is 12.3.